The third-order valence-electron chi connectivity index (χ3n) is 4.59. The van der Waals surface area contributed by atoms with Crippen molar-refractivity contribution < 1.29 is 22.7 Å². The molecule has 0 saturated carbocycles. The van der Waals surface area contributed by atoms with Crippen molar-refractivity contribution in [1.29, 1.82) is 0 Å². The molecular weight excluding hydrogens is 378 g/mol. The number of methoxy groups -OCH3 is 1. The molecule has 144 valence electrons. The number of rotatable bonds is 5. The standard InChI is InChI=1S/C16H23N3O5S2/c1-16(2)10-17(26(22,23)13-5-4-8-25-13)9-12-14(20)18(6-7-24-3)15(21)19(12)11-16/h4-5,8,12H,6-7,9-11H2,1-3H3. The van der Waals surface area contributed by atoms with Gasteiger partial charge in [-0.25, -0.2) is 13.2 Å². The largest absolute Gasteiger partial charge is 0.383 e. The number of thiophene rings is 1. The Bertz CT molecular complexity index is 791. The van der Waals surface area contributed by atoms with Crippen LogP contribution < -0.4 is 0 Å². The van der Waals surface area contributed by atoms with Crippen molar-refractivity contribution in [3.63, 3.8) is 0 Å². The van der Waals surface area contributed by atoms with E-state index < -0.39 is 21.5 Å². The highest BCUT2D eigenvalue weighted by Crippen LogP contribution is 2.33. The molecule has 3 rings (SSSR count). The van der Waals surface area contributed by atoms with Crippen LogP contribution in [-0.4, -0.2) is 80.4 Å². The Kier molecular flexibility index (Phi) is 5.13. The Hall–Kier alpha value is -1.49. The SMILES string of the molecule is COCCN1C(=O)C2CN(S(=O)(=O)c3cccs3)CC(C)(C)CN2C1=O. The van der Waals surface area contributed by atoms with E-state index in [4.69, 9.17) is 4.74 Å². The summed E-state index contributed by atoms with van der Waals surface area (Å²) in [4.78, 5) is 28.1. The lowest BCUT2D eigenvalue weighted by atomic mass is 9.93. The molecule has 2 aliphatic heterocycles. The van der Waals surface area contributed by atoms with Crippen LogP contribution in [0.1, 0.15) is 13.8 Å². The molecule has 1 aromatic heterocycles. The summed E-state index contributed by atoms with van der Waals surface area (Å²) >= 11 is 1.15. The van der Waals surface area contributed by atoms with Gasteiger partial charge in [-0.15, -0.1) is 11.3 Å². The number of hydrogen-bond acceptors (Lipinski definition) is 6. The van der Waals surface area contributed by atoms with E-state index in [1.165, 1.54) is 16.3 Å². The van der Waals surface area contributed by atoms with Crippen LogP contribution in [0.25, 0.3) is 0 Å². The minimum atomic E-state index is -3.71. The normalized spacial score (nSPS) is 24.0. The first kappa shape index (κ1) is 19.3. The smallest absolute Gasteiger partial charge is 0.327 e. The van der Waals surface area contributed by atoms with Crippen molar-refractivity contribution in [1.82, 2.24) is 14.1 Å². The third kappa shape index (κ3) is 3.38. The average molecular weight is 402 g/mol. The number of amides is 3. The highest BCUT2D eigenvalue weighted by molar-refractivity contribution is 7.91. The number of fused-ring (bicyclic) bond motifs is 1. The fourth-order valence-electron chi connectivity index (χ4n) is 3.41. The minimum Gasteiger partial charge on any atom is -0.383 e. The van der Waals surface area contributed by atoms with Crippen molar-refractivity contribution in [3.05, 3.63) is 17.5 Å². The predicted molar refractivity (Wildman–Crippen MR) is 96.3 cm³/mol. The van der Waals surface area contributed by atoms with E-state index in [1.54, 1.807) is 17.5 Å². The van der Waals surface area contributed by atoms with Crippen LogP contribution in [0.4, 0.5) is 4.79 Å². The molecule has 3 amide bonds. The molecule has 2 aliphatic rings. The van der Waals surface area contributed by atoms with E-state index in [-0.39, 0.29) is 42.4 Å². The van der Waals surface area contributed by atoms with Crippen molar-refractivity contribution in [2.45, 2.75) is 24.1 Å². The second kappa shape index (κ2) is 6.91. The van der Waals surface area contributed by atoms with Crippen LogP contribution in [0.2, 0.25) is 0 Å². The lowest BCUT2D eigenvalue weighted by molar-refractivity contribution is -0.128. The second-order valence-electron chi connectivity index (χ2n) is 7.30. The first-order chi connectivity index (χ1) is 12.2. The summed E-state index contributed by atoms with van der Waals surface area (Å²) in [5, 5.41) is 1.71. The summed E-state index contributed by atoms with van der Waals surface area (Å²) in [6, 6.07) is 2.07. The van der Waals surface area contributed by atoms with Gasteiger partial charge < -0.3 is 9.64 Å². The maximum atomic E-state index is 13.0. The van der Waals surface area contributed by atoms with Gasteiger partial charge in [-0.05, 0) is 16.9 Å². The number of nitrogens with zero attached hydrogens (tertiary/aromatic N) is 3. The number of imide groups is 1. The molecule has 8 nitrogen and oxygen atoms in total. The molecule has 2 saturated heterocycles. The maximum Gasteiger partial charge on any atom is 0.327 e. The van der Waals surface area contributed by atoms with E-state index in [0.717, 1.165) is 16.2 Å². The van der Waals surface area contributed by atoms with Gasteiger partial charge in [0.05, 0.1) is 13.2 Å². The Morgan fingerprint density at radius 1 is 1.31 bits per heavy atom. The summed E-state index contributed by atoms with van der Waals surface area (Å²) in [6.07, 6.45) is 0. The Labute approximate surface area is 157 Å². The van der Waals surface area contributed by atoms with Gasteiger partial charge in [0.25, 0.3) is 15.9 Å². The van der Waals surface area contributed by atoms with Gasteiger partial charge in [-0.1, -0.05) is 19.9 Å². The van der Waals surface area contributed by atoms with Gasteiger partial charge in [-0.3, -0.25) is 9.69 Å². The maximum absolute atomic E-state index is 13.0. The fraction of sp³-hybridized carbons (Fsp3) is 0.625. The first-order valence-corrected chi connectivity index (χ1v) is 10.6. The first-order valence-electron chi connectivity index (χ1n) is 8.32. The summed E-state index contributed by atoms with van der Waals surface area (Å²) < 4.78 is 32.6. The van der Waals surface area contributed by atoms with Gasteiger partial charge in [0.2, 0.25) is 0 Å². The van der Waals surface area contributed by atoms with Crippen molar-refractivity contribution in [2.75, 3.05) is 39.9 Å². The highest BCUT2D eigenvalue weighted by atomic mass is 32.2. The molecular formula is C16H23N3O5S2. The molecule has 1 atom stereocenters. The molecule has 26 heavy (non-hydrogen) atoms. The van der Waals surface area contributed by atoms with E-state index >= 15 is 0 Å². The van der Waals surface area contributed by atoms with Gasteiger partial charge in [0, 0.05) is 26.7 Å². The van der Waals surface area contributed by atoms with Crippen LogP contribution >= 0.6 is 11.3 Å². The quantitative estimate of drug-likeness (QED) is 0.689. The van der Waals surface area contributed by atoms with E-state index in [2.05, 4.69) is 0 Å². The predicted octanol–water partition coefficient (Wildman–Crippen LogP) is 1.06. The summed E-state index contributed by atoms with van der Waals surface area (Å²) in [5.74, 6) is -0.365. The highest BCUT2D eigenvalue weighted by Gasteiger charge is 2.51. The van der Waals surface area contributed by atoms with Crippen LogP contribution in [-0.2, 0) is 19.6 Å². The number of carbonyl (C=O) groups excluding carboxylic acids is 2. The molecule has 10 heteroatoms. The zero-order valence-electron chi connectivity index (χ0n) is 15.0. The lowest BCUT2D eigenvalue weighted by Gasteiger charge is -2.30. The summed E-state index contributed by atoms with van der Waals surface area (Å²) in [5.41, 5.74) is -0.480. The van der Waals surface area contributed by atoms with E-state index in [1.807, 2.05) is 13.8 Å². The average Bonchev–Trinajstić information content (AvgIpc) is 3.13. The van der Waals surface area contributed by atoms with Crippen molar-refractivity contribution in [2.24, 2.45) is 5.41 Å². The zero-order valence-corrected chi connectivity index (χ0v) is 16.7. The van der Waals surface area contributed by atoms with E-state index in [9.17, 15) is 18.0 Å². The van der Waals surface area contributed by atoms with Crippen LogP contribution in [0.5, 0.6) is 0 Å². The molecule has 0 spiro atoms. The Morgan fingerprint density at radius 2 is 2.04 bits per heavy atom. The van der Waals surface area contributed by atoms with Gasteiger partial charge in [0.1, 0.15) is 10.3 Å². The van der Waals surface area contributed by atoms with Crippen molar-refractivity contribution >= 4 is 33.3 Å². The van der Waals surface area contributed by atoms with Crippen LogP contribution in [0.15, 0.2) is 21.7 Å². The molecule has 0 N–H and O–H groups in total. The molecule has 1 unspecified atom stereocenters. The van der Waals surface area contributed by atoms with E-state index in [0.29, 0.717) is 6.54 Å². The second-order valence-corrected chi connectivity index (χ2v) is 10.4. The van der Waals surface area contributed by atoms with Crippen LogP contribution in [0, 0.1) is 5.41 Å². The number of ether oxygens (including phenoxy) is 1. The molecule has 1 aromatic rings. The Morgan fingerprint density at radius 3 is 2.65 bits per heavy atom. The molecule has 3 heterocycles. The lowest BCUT2D eigenvalue weighted by Crippen LogP contribution is -2.43. The van der Waals surface area contributed by atoms with Gasteiger partial charge in [-0.2, -0.15) is 4.31 Å². The van der Waals surface area contributed by atoms with Gasteiger partial charge in [0.15, 0.2) is 0 Å². The van der Waals surface area contributed by atoms with Crippen molar-refractivity contribution in [3.8, 4) is 0 Å². The number of urea groups is 1. The Balaban J connectivity index is 1.93. The number of hydrogen-bond donors (Lipinski definition) is 0. The molecule has 0 radical (unpaired) electrons. The molecule has 0 aliphatic carbocycles. The summed E-state index contributed by atoms with van der Waals surface area (Å²) in [6.45, 7) is 4.76. The van der Waals surface area contributed by atoms with Gasteiger partial charge >= 0.3 is 6.03 Å². The fourth-order valence-corrected chi connectivity index (χ4v) is 6.18. The molecule has 2 fully saturated rings. The topological polar surface area (TPSA) is 87.2 Å². The molecule has 0 bridgehead atoms. The molecule has 0 aromatic carbocycles. The number of carbonyl (C=O) groups is 2. The summed E-state index contributed by atoms with van der Waals surface area (Å²) in [7, 11) is -2.21. The number of sulfonamides is 1. The third-order valence-corrected chi connectivity index (χ3v) is 7.78. The van der Waals surface area contributed by atoms with Crippen LogP contribution in [0.3, 0.4) is 0 Å². The minimum absolute atomic E-state index is 0.0300. The monoisotopic (exact) mass is 401 g/mol. The zero-order chi connectivity index (χ0) is 19.1.